The molecule has 1 N–H and O–H groups in total. The van der Waals surface area contributed by atoms with Gasteiger partial charge in [-0.3, -0.25) is 14.6 Å². The molecule has 0 spiro atoms. The van der Waals surface area contributed by atoms with Crippen LogP contribution in [0.25, 0.3) is 0 Å². The minimum Gasteiger partial charge on any atom is -0.492 e. The summed E-state index contributed by atoms with van der Waals surface area (Å²) in [6.45, 7) is 9.56. The van der Waals surface area contributed by atoms with Crippen molar-refractivity contribution in [1.29, 1.82) is 0 Å². The first-order chi connectivity index (χ1) is 13.8. The van der Waals surface area contributed by atoms with E-state index in [1.807, 2.05) is 31.1 Å². The van der Waals surface area contributed by atoms with Crippen molar-refractivity contribution in [1.82, 2.24) is 19.6 Å². The number of ether oxygens (including phenoxy) is 1. The van der Waals surface area contributed by atoms with Gasteiger partial charge >= 0.3 is 0 Å². The predicted octanol–water partition coefficient (Wildman–Crippen LogP) is 0.728. The summed E-state index contributed by atoms with van der Waals surface area (Å²) >= 11 is 0. The molecule has 3 rings (SSSR count). The van der Waals surface area contributed by atoms with Crippen molar-refractivity contribution in [3.05, 3.63) is 29.8 Å². The number of amides is 1. The van der Waals surface area contributed by atoms with E-state index in [0.29, 0.717) is 19.7 Å². The van der Waals surface area contributed by atoms with E-state index < -0.39 is 5.60 Å². The zero-order chi connectivity index (χ0) is 20.9. The Balaban J connectivity index is 1.42. The van der Waals surface area contributed by atoms with Crippen LogP contribution in [0.2, 0.25) is 0 Å². The molecule has 2 aliphatic heterocycles. The number of aliphatic hydroxyl groups is 1. The van der Waals surface area contributed by atoms with Gasteiger partial charge in [-0.15, -0.1) is 0 Å². The van der Waals surface area contributed by atoms with Crippen LogP contribution in [0.4, 0.5) is 0 Å². The fraction of sp³-hybridized carbons (Fsp3) is 0.682. The van der Waals surface area contributed by atoms with Crippen LogP contribution in [0.3, 0.4) is 0 Å². The lowest BCUT2D eigenvalue weighted by Crippen LogP contribution is -2.53. The maximum atomic E-state index is 11.5. The first-order valence-corrected chi connectivity index (χ1v) is 10.6. The average Bonchev–Trinajstić information content (AvgIpc) is 3.03. The highest BCUT2D eigenvalue weighted by atomic mass is 16.5. The molecule has 1 aromatic rings. The summed E-state index contributed by atoms with van der Waals surface area (Å²) in [5, 5.41) is 11.1. The Kier molecular flexibility index (Phi) is 7.51. The number of likely N-dealkylation sites (N-methyl/N-ethyl adjacent to an activating group) is 1. The molecule has 7 heteroatoms. The Morgan fingerprint density at radius 2 is 1.79 bits per heavy atom. The second-order valence-corrected chi connectivity index (χ2v) is 8.76. The van der Waals surface area contributed by atoms with Crippen molar-refractivity contribution in [2.24, 2.45) is 0 Å². The molecular formula is C22H36N4O3. The van der Waals surface area contributed by atoms with Crippen LogP contribution in [0, 0.1) is 0 Å². The average molecular weight is 405 g/mol. The number of hydrogen-bond donors (Lipinski definition) is 1. The molecule has 0 bridgehead atoms. The number of β-amino-alcohol motifs (C(OH)–C–C–N with tert-alkyl or cyclic N) is 1. The number of carbonyl (C=O) groups excluding carboxylic acids is 1. The van der Waals surface area contributed by atoms with E-state index >= 15 is 0 Å². The van der Waals surface area contributed by atoms with Gasteiger partial charge in [-0.1, -0.05) is 12.1 Å². The van der Waals surface area contributed by atoms with E-state index in [1.54, 1.807) is 6.92 Å². The number of likely N-dealkylation sites (tertiary alicyclic amines) is 1. The summed E-state index contributed by atoms with van der Waals surface area (Å²) in [6, 6.07) is 8.29. The van der Waals surface area contributed by atoms with Gasteiger partial charge in [0.25, 0.3) is 0 Å². The van der Waals surface area contributed by atoms with E-state index in [0.717, 1.165) is 58.0 Å². The fourth-order valence-corrected chi connectivity index (χ4v) is 4.14. The van der Waals surface area contributed by atoms with Crippen molar-refractivity contribution in [2.45, 2.75) is 25.5 Å². The largest absolute Gasteiger partial charge is 0.492 e. The number of benzene rings is 1. The Morgan fingerprint density at radius 1 is 1.10 bits per heavy atom. The van der Waals surface area contributed by atoms with E-state index in [9.17, 15) is 9.90 Å². The highest BCUT2D eigenvalue weighted by Crippen LogP contribution is 2.25. The van der Waals surface area contributed by atoms with Gasteiger partial charge in [0.2, 0.25) is 5.91 Å². The monoisotopic (exact) mass is 404 g/mol. The van der Waals surface area contributed by atoms with Gasteiger partial charge in [-0.05, 0) is 38.2 Å². The maximum absolute atomic E-state index is 11.5. The van der Waals surface area contributed by atoms with Crippen molar-refractivity contribution >= 4 is 5.91 Å². The van der Waals surface area contributed by atoms with Crippen LogP contribution >= 0.6 is 0 Å². The lowest BCUT2D eigenvalue weighted by Gasteiger charge is -2.38. The molecule has 0 saturated carbocycles. The number of nitrogens with zero attached hydrogens (tertiary/aromatic N) is 4. The third-order valence-corrected chi connectivity index (χ3v) is 5.88. The van der Waals surface area contributed by atoms with Crippen molar-refractivity contribution in [2.75, 3.05) is 73.1 Å². The van der Waals surface area contributed by atoms with Crippen LogP contribution in [-0.4, -0.2) is 109 Å². The lowest BCUT2D eigenvalue weighted by molar-refractivity contribution is -0.130. The molecule has 162 valence electrons. The Bertz CT molecular complexity index is 659. The van der Waals surface area contributed by atoms with Gasteiger partial charge in [-0.25, -0.2) is 0 Å². The lowest BCUT2D eigenvalue weighted by atomic mass is 10.0. The maximum Gasteiger partial charge on any atom is 0.219 e. The molecule has 1 atom stereocenters. The van der Waals surface area contributed by atoms with Gasteiger partial charge in [0.1, 0.15) is 12.4 Å². The molecule has 1 aromatic carbocycles. The van der Waals surface area contributed by atoms with E-state index in [-0.39, 0.29) is 5.91 Å². The summed E-state index contributed by atoms with van der Waals surface area (Å²) < 4.78 is 5.76. The molecule has 7 nitrogen and oxygen atoms in total. The normalized spacial score (nSPS) is 23.7. The zero-order valence-corrected chi connectivity index (χ0v) is 18.1. The second-order valence-electron chi connectivity index (χ2n) is 8.76. The molecule has 0 aliphatic carbocycles. The van der Waals surface area contributed by atoms with Gasteiger partial charge in [0.15, 0.2) is 0 Å². The third-order valence-electron chi connectivity index (χ3n) is 5.88. The first kappa shape index (κ1) is 22.0. The van der Waals surface area contributed by atoms with E-state index in [1.165, 1.54) is 5.56 Å². The summed E-state index contributed by atoms with van der Waals surface area (Å²) in [4.78, 5) is 20.1. The fourth-order valence-electron chi connectivity index (χ4n) is 4.14. The minimum absolute atomic E-state index is 0.143. The molecule has 29 heavy (non-hydrogen) atoms. The molecule has 2 heterocycles. The summed E-state index contributed by atoms with van der Waals surface area (Å²) in [7, 11) is 4.07. The quantitative estimate of drug-likeness (QED) is 0.689. The third kappa shape index (κ3) is 6.67. The van der Waals surface area contributed by atoms with Crippen LogP contribution in [0.1, 0.15) is 18.9 Å². The number of hydrogen-bond acceptors (Lipinski definition) is 6. The van der Waals surface area contributed by atoms with E-state index in [4.69, 9.17) is 4.74 Å². The number of rotatable bonds is 8. The smallest absolute Gasteiger partial charge is 0.219 e. The van der Waals surface area contributed by atoms with Gasteiger partial charge < -0.3 is 19.6 Å². The van der Waals surface area contributed by atoms with Gasteiger partial charge in [-0.2, -0.15) is 0 Å². The second kappa shape index (κ2) is 9.89. The van der Waals surface area contributed by atoms with Gasteiger partial charge in [0.05, 0.1) is 5.60 Å². The summed E-state index contributed by atoms with van der Waals surface area (Å²) in [5.74, 6) is 1.04. The molecule has 0 aromatic heterocycles. The Labute approximate surface area is 174 Å². The minimum atomic E-state index is -0.659. The van der Waals surface area contributed by atoms with Crippen LogP contribution < -0.4 is 4.74 Å². The molecule has 2 saturated heterocycles. The topological polar surface area (TPSA) is 59.5 Å². The highest BCUT2D eigenvalue weighted by molar-refractivity contribution is 5.73. The summed E-state index contributed by atoms with van der Waals surface area (Å²) in [5.41, 5.74) is 0.581. The number of carbonyl (C=O) groups is 1. The van der Waals surface area contributed by atoms with Gasteiger partial charge in [0, 0.05) is 65.8 Å². The molecule has 0 radical (unpaired) electrons. The molecule has 2 aliphatic rings. The highest BCUT2D eigenvalue weighted by Gasteiger charge is 2.38. The number of piperazine rings is 1. The SMILES string of the molecule is CC(=O)N1CCN(CC2(O)CCN(Cc3ccc(OCCN(C)C)cc3)C2)CC1. The zero-order valence-electron chi connectivity index (χ0n) is 18.1. The summed E-state index contributed by atoms with van der Waals surface area (Å²) in [6.07, 6.45) is 0.797. The Hall–Kier alpha value is -1.67. The van der Waals surface area contributed by atoms with Crippen LogP contribution in [-0.2, 0) is 11.3 Å². The van der Waals surface area contributed by atoms with Crippen molar-refractivity contribution in [3.63, 3.8) is 0 Å². The molecule has 1 unspecified atom stereocenters. The molecule has 1 amide bonds. The van der Waals surface area contributed by atoms with Crippen molar-refractivity contribution < 1.29 is 14.6 Å². The molecule has 2 fully saturated rings. The van der Waals surface area contributed by atoms with E-state index in [2.05, 4.69) is 26.8 Å². The van der Waals surface area contributed by atoms with Crippen LogP contribution in [0.15, 0.2) is 24.3 Å². The standard InChI is InChI=1S/C22H36N4O3/c1-19(27)26-12-10-24(11-13-26)17-22(28)8-9-25(18-22)16-20-4-6-21(7-5-20)29-15-14-23(2)3/h4-7,28H,8-18H2,1-3H3. The molecular weight excluding hydrogens is 368 g/mol. The first-order valence-electron chi connectivity index (χ1n) is 10.6. The Morgan fingerprint density at radius 3 is 2.41 bits per heavy atom. The van der Waals surface area contributed by atoms with Crippen LogP contribution in [0.5, 0.6) is 5.75 Å². The predicted molar refractivity (Wildman–Crippen MR) is 114 cm³/mol. The van der Waals surface area contributed by atoms with Crippen molar-refractivity contribution in [3.8, 4) is 5.75 Å².